The van der Waals surface area contributed by atoms with E-state index in [1.807, 2.05) is 0 Å². The highest BCUT2D eigenvalue weighted by Gasteiger charge is 2.03. The molecule has 1 rings (SSSR count). The lowest BCUT2D eigenvalue weighted by Crippen LogP contribution is -2.01. The van der Waals surface area contributed by atoms with Crippen molar-refractivity contribution < 1.29 is 13.9 Å². The van der Waals surface area contributed by atoms with Crippen LogP contribution in [0.3, 0.4) is 0 Å². The molecule has 0 spiro atoms. The van der Waals surface area contributed by atoms with E-state index in [9.17, 15) is 9.18 Å². The number of thioether (sulfide) groups is 1. The number of ether oxygens (including phenoxy) is 1. The van der Waals surface area contributed by atoms with Gasteiger partial charge in [-0.05, 0) is 25.1 Å². The first-order valence-corrected chi connectivity index (χ1v) is 5.95. The Hall–Kier alpha value is -1.49. The topological polar surface area (TPSA) is 52.3 Å². The summed E-state index contributed by atoms with van der Waals surface area (Å²) in [7, 11) is 1.33. The van der Waals surface area contributed by atoms with Crippen LogP contribution in [0.4, 0.5) is 10.1 Å². The van der Waals surface area contributed by atoms with Gasteiger partial charge in [0, 0.05) is 21.9 Å². The van der Waals surface area contributed by atoms with Gasteiger partial charge >= 0.3 is 5.97 Å². The van der Waals surface area contributed by atoms with Crippen LogP contribution in [0, 0.1) is 5.82 Å². The highest BCUT2D eigenvalue weighted by molar-refractivity contribution is 7.99. The summed E-state index contributed by atoms with van der Waals surface area (Å²) in [5, 5.41) is 0. The first kappa shape index (κ1) is 13.6. The number of esters is 1. The fourth-order valence-corrected chi connectivity index (χ4v) is 2.12. The van der Waals surface area contributed by atoms with E-state index in [0.29, 0.717) is 17.0 Å². The average molecular weight is 255 g/mol. The van der Waals surface area contributed by atoms with Gasteiger partial charge < -0.3 is 10.5 Å². The van der Waals surface area contributed by atoms with Gasteiger partial charge in [0.05, 0.1) is 7.11 Å². The second kappa shape index (κ2) is 6.30. The number of rotatable bonds is 4. The van der Waals surface area contributed by atoms with Crippen LogP contribution < -0.4 is 5.73 Å². The monoisotopic (exact) mass is 255 g/mol. The van der Waals surface area contributed by atoms with E-state index in [1.165, 1.54) is 31.0 Å². The zero-order valence-corrected chi connectivity index (χ0v) is 10.5. The van der Waals surface area contributed by atoms with Crippen LogP contribution >= 0.6 is 11.8 Å². The summed E-state index contributed by atoms with van der Waals surface area (Å²) in [6, 6.07) is 4.36. The minimum atomic E-state index is -0.360. The van der Waals surface area contributed by atoms with Crippen LogP contribution in [0.5, 0.6) is 0 Å². The van der Waals surface area contributed by atoms with Crippen molar-refractivity contribution in [2.24, 2.45) is 0 Å². The highest BCUT2D eigenvalue weighted by Crippen LogP contribution is 2.22. The van der Waals surface area contributed by atoms with Gasteiger partial charge in [-0.25, -0.2) is 9.18 Å². The van der Waals surface area contributed by atoms with E-state index in [-0.39, 0.29) is 11.8 Å². The van der Waals surface area contributed by atoms with E-state index in [0.717, 1.165) is 4.90 Å². The van der Waals surface area contributed by atoms with Crippen molar-refractivity contribution >= 4 is 23.4 Å². The lowest BCUT2D eigenvalue weighted by Gasteiger charge is -2.02. The van der Waals surface area contributed by atoms with Gasteiger partial charge in [-0.2, -0.15) is 0 Å². The summed E-state index contributed by atoms with van der Waals surface area (Å²) in [5.41, 5.74) is 6.44. The van der Waals surface area contributed by atoms with Gasteiger partial charge in [0.25, 0.3) is 0 Å². The first-order chi connectivity index (χ1) is 8.02. The maximum absolute atomic E-state index is 13.0. The third-order valence-electron chi connectivity index (χ3n) is 2.04. The van der Waals surface area contributed by atoms with Gasteiger partial charge in [-0.15, -0.1) is 11.8 Å². The summed E-state index contributed by atoms with van der Waals surface area (Å²) in [6.45, 7) is 1.67. The Kier molecular flexibility index (Phi) is 5.03. The minimum absolute atomic E-state index is 0.357. The van der Waals surface area contributed by atoms with Gasteiger partial charge in [-0.3, -0.25) is 0 Å². The number of anilines is 1. The zero-order chi connectivity index (χ0) is 12.8. The Morgan fingerprint density at radius 1 is 1.53 bits per heavy atom. The zero-order valence-electron chi connectivity index (χ0n) is 9.70. The summed E-state index contributed by atoms with van der Waals surface area (Å²) in [6.07, 6.45) is 1.73. The number of hydrogen-bond acceptors (Lipinski definition) is 4. The number of nitrogens with two attached hydrogens (primary N) is 1. The largest absolute Gasteiger partial charge is 0.466 e. The number of hydrogen-bond donors (Lipinski definition) is 1. The van der Waals surface area contributed by atoms with E-state index in [2.05, 4.69) is 4.74 Å². The van der Waals surface area contributed by atoms with E-state index in [4.69, 9.17) is 5.73 Å². The van der Waals surface area contributed by atoms with Crippen LogP contribution in [-0.4, -0.2) is 18.8 Å². The fourth-order valence-electron chi connectivity index (χ4n) is 1.17. The van der Waals surface area contributed by atoms with E-state index < -0.39 is 0 Å². The number of carbonyl (C=O) groups is 1. The van der Waals surface area contributed by atoms with Crippen molar-refractivity contribution in [1.82, 2.24) is 0 Å². The first-order valence-electron chi connectivity index (χ1n) is 4.97. The number of carbonyl (C=O) groups excluding carboxylic acids is 1. The second-order valence-corrected chi connectivity index (χ2v) is 4.50. The van der Waals surface area contributed by atoms with Crippen LogP contribution in [0.25, 0.3) is 0 Å². The molecule has 0 unspecified atom stereocenters. The van der Waals surface area contributed by atoms with Crippen molar-refractivity contribution in [3.8, 4) is 0 Å². The molecule has 5 heteroatoms. The molecule has 92 valence electrons. The van der Waals surface area contributed by atoms with Crippen LogP contribution in [0.15, 0.2) is 34.7 Å². The standard InChI is InChI=1S/C12H14FNO2S/c1-8(12(15)16-2)3-4-17-11-6-9(13)5-10(14)7-11/h3,5-7H,4,14H2,1-2H3. The molecule has 0 heterocycles. The Labute approximate surface area is 104 Å². The molecule has 2 N–H and O–H groups in total. The van der Waals surface area contributed by atoms with E-state index >= 15 is 0 Å². The maximum atomic E-state index is 13.0. The minimum Gasteiger partial charge on any atom is -0.466 e. The van der Waals surface area contributed by atoms with Gasteiger partial charge in [-0.1, -0.05) is 6.08 Å². The molecular formula is C12H14FNO2S. The van der Waals surface area contributed by atoms with Crippen LogP contribution in [-0.2, 0) is 9.53 Å². The Morgan fingerprint density at radius 3 is 2.82 bits per heavy atom. The molecule has 0 radical (unpaired) electrons. The fraction of sp³-hybridized carbons (Fsp3) is 0.250. The number of halogens is 1. The van der Waals surface area contributed by atoms with Crippen molar-refractivity contribution in [1.29, 1.82) is 0 Å². The molecule has 1 aromatic rings. The molecule has 0 fully saturated rings. The summed E-state index contributed by atoms with van der Waals surface area (Å²) in [4.78, 5) is 11.8. The average Bonchev–Trinajstić information content (AvgIpc) is 2.26. The second-order valence-electron chi connectivity index (χ2n) is 3.41. The SMILES string of the molecule is COC(=O)C(C)=CCSc1cc(N)cc(F)c1. The van der Waals surface area contributed by atoms with Crippen molar-refractivity contribution in [3.63, 3.8) is 0 Å². The van der Waals surface area contributed by atoms with E-state index in [1.54, 1.807) is 19.1 Å². The predicted octanol–water partition coefficient (Wildman–Crippen LogP) is 2.62. The molecule has 0 amide bonds. The Morgan fingerprint density at radius 2 is 2.24 bits per heavy atom. The number of methoxy groups -OCH3 is 1. The molecule has 0 aromatic heterocycles. The smallest absolute Gasteiger partial charge is 0.333 e. The van der Waals surface area contributed by atoms with Crippen LogP contribution in [0.1, 0.15) is 6.92 Å². The van der Waals surface area contributed by atoms with Gasteiger partial charge in [0.1, 0.15) is 5.82 Å². The lowest BCUT2D eigenvalue weighted by molar-refractivity contribution is -0.136. The molecule has 3 nitrogen and oxygen atoms in total. The summed E-state index contributed by atoms with van der Waals surface area (Å²) in [5.74, 6) is -0.158. The maximum Gasteiger partial charge on any atom is 0.333 e. The third-order valence-corrected chi connectivity index (χ3v) is 2.94. The molecule has 0 bridgehead atoms. The molecule has 0 aliphatic rings. The van der Waals surface area contributed by atoms with Crippen molar-refractivity contribution in [2.75, 3.05) is 18.6 Å². The Bertz CT molecular complexity index is 426. The summed E-state index contributed by atoms with van der Waals surface area (Å²) >= 11 is 1.40. The lowest BCUT2D eigenvalue weighted by atomic mass is 10.3. The van der Waals surface area contributed by atoms with Crippen LogP contribution in [0.2, 0.25) is 0 Å². The molecule has 0 aliphatic heterocycles. The Balaban J connectivity index is 2.59. The highest BCUT2D eigenvalue weighted by atomic mass is 32.2. The molecule has 0 saturated heterocycles. The molecule has 0 saturated carbocycles. The predicted molar refractivity (Wildman–Crippen MR) is 67.3 cm³/mol. The number of benzene rings is 1. The molecule has 0 aliphatic carbocycles. The summed E-state index contributed by atoms with van der Waals surface area (Å²) < 4.78 is 17.6. The van der Waals surface area contributed by atoms with Gasteiger partial charge in [0.15, 0.2) is 0 Å². The normalized spacial score (nSPS) is 11.4. The van der Waals surface area contributed by atoms with Crippen molar-refractivity contribution in [3.05, 3.63) is 35.7 Å². The molecular weight excluding hydrogens is 241 g/mol. The molecule has 17 heavy (non-hydrogen) atoms. The van der Waals surface area contributed by atoms with Gasteiger partial charge in [0.2, 0.25) is 0 Å². The third kappa shape index (κ3) is 4.48. The molecule has 1 aromatic carbocycles. The van der Waals surface area contributed by atoms with Crippen molar-refractivity contribution in [2.45, 2.75) is 11.8 Å². The number of nitrogen functional groups attached to an aromatic ring is 1. The quantitative estimate of drug-likeness (QED) is 0.389. The molecule has 0 atom stereocenters.